The molecule has 1 amide bonds. The summed E-state index contributed by atoms with van der Waals surface area (Å²) < 4.78 is 31.5. The Labute approximate surface area is 132 Å². The molecule has 22 heavy (non-hydrogen) atoms. The van der Waals surface area contributed by atoms with Gasteiger partial charge in [-0.2, -0.15) is 4.31 Å². The first-order valence-corrected chi connectivity index (χ1v) is 9.09. The van der Waals surface area contributed by atoms with E-state index in [1.54, 1.807) is 24.4 Å². The van der Waals surface area contributed by atoms with Crippen molar-refractivity contribution in [2.75, 3.05) is 11.9 Å². The molecule has 1 atom stereocenters. The monoisotopic (exact) mass is 341 g/mol. The fourth-order valence-electron chi connectivity index (χ4n) is 2.42. The van der Waals surface area contributed by atoms with Gasteiger partial charge >= 0.3 is 0 Å². The lowest BCUT2D eigenvalue weighted by Crippen LogP contribution is -2.43. The van der Waals surface area contributed by atoms with E-state index in [-0.39, 0.29) is 10.1 Å². The molecule has 9 heteroatoms. The Morgan fingerprint density at radius 3 is 3.00 bits per heavy atom. The summed E-state index contributed by atoms with van der Waals surface area (Å²) in [4.78, 5) is 12.4. The third-order valence-corrected chi connectivity index (χ3v) is 6.83. The lowest BCUT2D eigenvalue weighted by Gasteiger charge is -2.22. The molecule has 1 unspecified atom stereocenters. The van der Waals surface area contributed by atoms with E-state index in [9.17, 15) is 13.2 Å². The highest BCUT2D eigenvalue weighted by molar-refractivity contribution is 7.91. The number of hydrogen-bond acceptors (Lipinski definition) is 6. The van der Waals surface area contributed by atoms with Gasteiger partial charge in [-0.1, -0.05) is 11.2 Å². The molecule has 0 aliphatic carbocycles. The minimum absolute atomic E-state index is 0.254. The molecule has 1 fully saturated rings. The van der Waals surface area contributed by atoms with E-state index in [0.29, 0.717) is 30.8 Å². The van der Waals surface area contributed by atoms with Gasteiger partial charge in [0.15, 0.2) is 5.82 Å². The lowest BCUT2D eigenvalue weighted by molar-refractivity contribution is -0.119. The van der Waals surface area contributed by atoms with Gasteiger partial charge in [0.25, 0.3) is 10.0 Å². The maximum absolute atomic E-state index is 12.6. The normalized spacial score (nSPS) is 19.4. The molecular weight excluding hydrogens is 326 g/mol. The molecule has 7 nitrogen and oxygen atoms in total. The summed E-state index contributed by atoms with van der Waals surface area (Å²) >= 11 is 1.15. The van der Waals surface area contributed by atoms with Crippen LogP contribution in [0.25, 0.3) is 0 Å². The van der Waals surface area contributed by atoms with Crippen LogP contribution in [0.2, 0.25) is 0 Å². The number of anilines is 1. The maximum atomic E-state index is 12.6. The summed E-state index contributed by atoms with van der Waals surface area (Å²) in [5.74, 6) is -0.0556. The predicted molar refractivity (Wildman–Crippen MR) is 81.1 cm³/mol. The predicted octanol–water partition coefficient (Wildman–Crippen LogP) is 1.84. The Morgan fingerprint density at radius 2 is 2.36 bits per heavy atom. The van der Waals surface area contributed by atoms with Crippen molar-refractivity contribution in [3.8, 4) is 0 Å². The van der Waals surface area contributed by atoms with E-state index in [1.165, 1.54) is 10.6 Å². The molecule has 1 saturated heterocycles. The van der Waals surface area contributed by atoms with Crippen molar-refractivity contribution < 1.29 is 17.7 Å². The van der Waals surface area contributed by atoms with Crippen LogP contribution in [0.5, 0.6) is 0 Å². The molecule has 2 aromatic rings. The fraction of sp³-hybridized carbons (Fsp3) is 0.385. The molecule has 0 radical (unpaired) electrons. The number of sulfonamides is 1. The van der Waals surface area contributed by atoms with Crippen LogP contribution in [0.4, 0.5) is 5.82 Å². The maximum Gasteiger partial charge on any atom is 0.253 e. The zero-order chi connectivity index (χ0) is 15.7. The van der Waals surface area contributed by atoms with E-state index in [1.807, 2.05) is 0 Å². The number of aryl methyl sites for hydroxylation is 1. The molecule has 118 valence electrons. The summed E-state index contributed by atoms with van der Waals surface area (Å²) in [6.07, 6.45) is 2.57. The first-order valence-electron chi connectivity index (χ1n) is 6.77. The van der Waals surface area contributed by atoms with Crippen molar-refractivity contribution in [3.05, 3.63) is 29.3 Å². The van der Waals surface area contributed by atoms with Gasteiger partial charge in [0.05, 0.1) is 0 Å². The standard InChI is InChI=1S/C13H15N3O4S2/c1-9-8-20-15-12(9)14-13(17)10-4-2-6-16(10)22(18,19)11-5-3-7-21-11/h3,5,7-8,10H,2,4,6H2,1H3,(H,14,15,17). The highest BCUT2D eigenvalue weighted by atomic mass is 32.2. The average Bonchev–Trinajstić information content (AvgIpc) is 3.20. The highest BCUT2D eigenvalue weighted by Crippen LogP contribution is 2.29. The number of amides is 1. The molecule has 1 N–H and O–H groups in total. The molecule has 0 aromatic carbocycles. The highest BCUT2D eigenvalue weighted by Gasteiger charge is 2.40. The van der Waals surface area contributed by atoms with Gasteiger partial charge < -0.3 is 9.84 Å². The van der Waals surface area contributed by atoms with Crippen LogP contribution < -0.4 is 5.32 Å². The molecule has 2 aromatic heterocycles. The zero-order valence-corrected chi connectivity index (χ0v) is 13.5. The molecular formula is C13H15N3O4S2. The van der Waals surface area contributed by atoms with Crippen molar-refractivity contribution in [2.45, 2.75) is 30.0 Å². The summed E-state index contributed by atoms with van der Waals surface area (Å²) in [5.41, 5.74) is 0.694. The second-order valence-corrected chi connectivity index (χ2v) is 8.11. The number of nitrogens with one attached hydrogen (secondary N) is 1. The Morgan fingerprint density at radius 1 is 1.55 bits per heavy atom. The molecule has 0 bridgehead atoms. The summed E-state index contributed by atoms with van der Waals surface area (Å²) in [6, 6.07) is 2.51. The van der Waals surface area contributed by atoms with E-state index in [0.717, 1.165) is 11.3 Å². The number of carbonyl (C=O) groups excluding carboxylic acids is 1. The van der Waals surface area contributed by atoms with Crippen molar-refractivity contribution >= 4 is 33.1 Å². The van der Waals surface area contributed by atoms with Crippen LogP contribution in [0.1, 0.15) is 18.4 Å². The molecule has 1 aliphatic heterocycles. The number of aromatic nitrogens is 1. The number of carbonyl (C=O) groups is 1. The number of rotatable bonds is 4. The van der Waals surface area contributed by atoms with Crippen LogP contribution in [0, 0.1) is 6.92 Å². The van der Waals surface area contributed by atoms with Gasteiger partial charge in [-0.25, -0.2) is 8.42 Å². The zero-order valence-electron chi connectivity index (χ0n) is 11.9. The smallest absolute Gasteiger partial charge is 0.253 e. The van der Waals surface area contributed by atoms with Crippen LogP contribution in [-0.4, -0.2) is 36.4 Å². The molecule has 3 rings (SSSR count). The van der Waals surface area contributed by atoms with Crippen molar-refractivity contribution in [3.63, 3.8) is 0 Å². The summed E-state index contributed by atoms with van der Waals surface area (Å²) in [5, 5.41) is 8.03. The number of nitrogens with zero attached hydrogens (tertiary/aromatic N) is 2. The summed E-state index contributed by atoms with van der Waals surface area (Å²) in [6.45, 7) is 2.09. The Bertz CT molecular complexity index is 767. The van der Waals surface area contributed by atoms with E-state index in [2.05, 4.69) is 10.5 Å². The first-order chi connectivity index (χ1) is 10.5. The number of thiophene rings is 1. The lowest BCUT2D eigenvalue weighted by atomic mass is 10.2. The van der Waals surface area contributed by atoms with Crippen LogP contribution in [0.3, 0.4) is 0 Å². The molecule has 0 saturated carbocycles. The molecule has 1 aliphatic rings. The third kappa shape index (κ3) is 2.67. The van der Waals surface area contributed by atoms with Crippen LogP contribution in [0.15, 0.2) is 32.5 Å². The summed E-state index contributed by atoms with van der Waals surface area (Å²) in [7, 11) is -3.63. The number of hydrogen-bond donors (Lipinski definition) is 1. The van der Waals surface area contributed by atoms with Gasteiger partial charge in [-0.15, -0.1) is 11.3 Å². The van der Waals surface area contributed by atoms with Gasteiger partial charge in [0.2, 0.25) is 5.91 Å². The SMILES string of the molecule is Cc1conc1NC(=O)C1CCCN1S(=O)(=O)c1cccs1. The van der Waals surface area contributed by atoms with E-state index < -0.39 is 16.1 Å². The minimum Gasteiger partial charge on any atom is -0.362 e. The van der Waals surface area contributed by atoms with Crippen LogP contribution in [-0.2, 0) is 14.8 Å². The fourth-order valence-corrected chi connectivity index (χ4v) is 5.20. The Kier molecular flexibility index (Phi) is 4.02. The van der Waals surface area contributed by atoms with Crippen molar-refractivity contribution in [1.82, 2.24) is 9.46 Å². The van der Waals surface area contributed by atoms with Gasteiger partial charge in [0.1, 0.15) is 16.5 Å². The van der Waals surface area contributed by atoms with Gasteiger partial charge in [-0.05, 0) is 31.2 Å². The van der Waals surface area contributed by atoms with E-state index in [4.69, 9.17) is 4.52 Å². The van der Waals surface area contributed by atoms with Crippen molar-refractivity contribution in [2.24, 2.45) is 0 Å². The molecule has 3 heterocycles. The largest absolute Gasteiger partial charge is 0.362 e. The second kappa shape index (κ2) is 5.82. The third-order valence-electron chi connectivity index (χ3n) is 3.55. The topological polar surface area (TPSA) is 92.5 Å². The molecule has 0 spiro atoms. The van der Waals surface area contributed by atoms with Crippen LogP contribution >= 0.6 is 11.3 Å². The van der Waals surface area contributed by atoms with Gasteiger partial charge in [-0.3, -0.25) is 4.79 Å². The minimum atomic E-state index is -3.63. The first kappa shape index (κ1) is 15.2. The second-order valence-electron chi connectivity index (χ2n) is 5.04. The van der Waals surface area contributed by atoms with Gasteiger partial charge in [0, 0.05) is 12.1 Å². The quantitative estimate of drug-likeness (QED) is 0.916. The average molecular weight is 341 g/mol. The van der Waals surface area contributed by atoms with Crippen molar-refractivity contribution in [1.29, 1.82) is 0 Å². The van der Waals surface area contributed by atoms with E-state index >= 15 is 0 Å². The Balaban J connectivity index is 1.81. The Hall–Kier alpha value is -1.71.